The van der Waals surface area contributed by atoms with Crippen LogP contribution in [-0.2, 0) is 14.1 Å². The van der Waals surface area contributed by atoms with Crippen molar-refractivity contribution in [2.45, 2.75) is 45.8 Å². The fraction of sp³-hybridized carbons (Fsp3) is 0.471. The standard InChI is InChI=1S/C17H24BN3O4/c1-11(22)20-10-12(18-24-16(2,3)17(4,5)25-18)9-13-7-6-8-14(21-13)15(19)23/h6-9H,10H2,1-5H3,(H2,19,23)(H,20,22). The van der Waals surface area contributed by atoms with Gasteiger partial charge in [-0.25, -0.2) is 4.98 Å². The van der Waals surface area contributed by atoms with Gasteiger partial charge in [0.2, 0.25) is 5.91 Å². The van der Waals surface area contributed by atoms with E-state index in [0.29, 0.717) is 11.2 Å². The van der Waals surface area contributed by atoms with Crippen molar-refractivity contribution in [3.05, 3.63) is 35.1 Å². The van der Waals surface area contributed by atoms with Crippen LogP contribution in [0.25, 0.3) is 6.08 Å². The van der Waals surface area contributed by atoms with Gasteiger partial charge < -0.3 is 20.4 Å². The molecule has 0 bridgehead atoms. The van der Waals surface area contributed by atoms with Gasteiger partial charge in [-0.15, -0.1) is 0 Å². The molecular weight excluding hydrogens is 321 g/mol. The number of nitrogens with two attached hydrogens (primary N) is 1. The van der Waals surface area contributed by atoms with E-state index in [1.165, 1.54) is 6.92 Å². The molecular formula is C17H24BN3O4. The first-order valence-corrected chi connectivity index (χ1v) is 8.09. The second-order valence-corrected chi connectivity index (χ2v) is 7.03. The van der Waals surface area contributed by atoms with Gasteiger partial charge in [0.1, 0.15) is 5.69 Å². The highest BCUT2D eigenvalue weighted by atomic mass is 16.7. The van der Waals surface area contributed by atoms with Gasteiger partial charge in [-0.2, -0.15) is 0 Å². The average molecular weight is 345 g/mol. The van der Waals surface area contributed by atoms with E-state index >= 15 is 0 Å². The van der Waals surface area contributed by atoms with E-state index in [9.17, 15) is 9.59 Å². The minimum Gasteiger partial charge on any atom is -0.400 e. The van der Waals surface area contributed by atoms with Gasteiger partial charge in [0.25, 0.3) is 5.91 Å². The second kappa shape index (κ2) is 6.97. The molecule has 134 valence electrons. The van der Waals surface area contributed by atoms with Crippen molar-refractivity contribution in [3.63, 3.8) is 0 Å². The first kappa shape index (κ1) is 19.1. The number of aromatic nitrogens is 1. The van der Waals surface area contributed by atoms with Crippen LogP contribution < -0.4 is 11.1 Å². The van der Waals surface area contributed by atoms with Crippen LogP contribution in [0.1, 0.15) is 50.8 Å². The molecule has 7 nitrogen and oxygen atoms in total. The Labute approximate surface area is 148 Å². The number of carbonyl (C=O) groups excluding carboxylic acids is 2. The summed E-state index contributed by atoms with van der Waals surface area (Å²) in [5, 5.41) is 2.75. The third kappa shape index (κ3) is 4.46. The third-order valence-corrected chi connectivity index (χ3v) is 4.45. The number of pyridine rings is 1. The van der Waals surface area contributed by atoms with E-state index in [1.807, 2.05) is 27.7 Å². The molecule has 8 heteroatoms. The Morgan fingerprint density at radius 1 is 1.24 bits per heavy atom. The molecule has 0 atom stereocenters. The summed E-state index contributed by atoms with van der Waals surface area (Å²) in [6, 6.07) is 4.98. The minimum absolute atomic E-state index is 0.165. The molecule has 0 spiro atoms. The lowest BCUT2D eigenvalue weighted by Gasteiger charge is -2.32. The lowest BCUT2D eigenvalue weighted by atomic mass is 9.77. The lowest BCUT2D eigenvalue weighted by molar-refractivity contribution is -0.118. The van der Waals surface area contributed by atoms with Crippen LogP contribution in [-0.4, -0.2) is 41.7 Å². The van der Waals surface area contributed by atoms with Crippen LogP contribution in [0, 0.1) is 0 Å². The predicted octanol–water partition coefficient (Wildman–Crippen LogP) is 1.33. The van der Waals surface area contributed by atoms with Crippen LogP contribution in [0.3, 0.4) is 0 Å². The monoisotopic (exact) mass is 345 g/mol. The summed E-state index contributed by atoms with van der Waals surface area (Å²) in [6.07, 6.45) is 1.74. The summed E-state index contributed by atoms with van der Waals surface area (Å²) in [4.78, 5) is 26.8. The zero-order valence-corrected chi connectivity index (χ0v) is 15.3. The number of hydrogen-bond acceptors (Lipinski definition) is 5. The van der Waals surface area contributed by atoms with E-state index in [2.05, 4.69) is 10.3 Å². The van der Waals surface area contributed by atoms with Crippen molar-refractivity contribution in [1.82, 2.24) is 10.3 Å². The molecule has 2 amide bonds. The third-order valence-electron chi connectivity index (χ3n) is 4.45. The van der Waals surface area contributed by atoms with Crippen molar-refractivity contribution in [2.24, 2.45) is 5.73 Å². The van der Waals surface area contributed by atoms with Crippen molar-refractivity contribution in [3.8, 4) is 0 Å². The number of rotatable bonds is 5. The van der Waals surface area contributed by atoms with E-state index in [-0.39, 0.29) is 18.1 Å². The van der Waals surface area contributed by atoms with Crippen molar-refractivity contribution in [1.29, 1.82) is 0 Å². The van der Waals surface area contributed by atoms with E-state index in [0.717, 1.165) is 0 Å². The Morgan fingerprint density at radius 2 is 1.84 bits per heavy atom. The summed E-state index contributed by atoms with van der Waals surface area (Å²) in [5.74, 6) is -0.768. The molecule has 0 saturated carbocycles. The maximum absolute atomic E-state index is 11.3. The molecule has 1 aliphatic heterocycles. The van der Waals surface area contributed by atoms with Gasteiger partial charge in [-0.3, -0.25) is 9.59 Å². The summed E-state index contributed by atoms with van der Waals surface area (Å²) in [7, 11) is -0.629. The van der Waals surface area contributed by atoms with E-state index in [4.69, 9.17) is 15.0 Å². The maximum Gasteiger partial charge on any atom is 0.492 e. The van der Waals surface area contributed by atoms with Gasteiger partial charge in [0, 0.05) is 13.5 Å². The molecule has 1 saturated heterocycles. The van der Waals surface area contributed by atoms with Crippen molar-refractivity contribution in [2.75, 3.05) is 6.54 Å². The molecule has 3 N–H and O–H groups in total. The summed E-state index contributed by atoms with van der Waals surface area (Å²) in [6.45, 7) is 9.50. The zero-order chi connectivity index (χ0) is 18.8. The average Bonchev–Trinajstić information content (AvgIpc) is 2.71. The van der Waals surface area contributed by atoms with Gasteiger partial charge in [-0.1, -0.05) is 6.07 Å². The van der Waals surface area contributed by atoms with Gasteiger partial charge in [-0.05, 0) is 51.4 Å². The molecule has 2 rings (SSSR count). The Balaban J connectivity index is 2.35. The number of primary amides is 1. The maximum atomic E-state index is 11.3. The normalized spacial score (nSPS) is 18.9. The summed E-state index contributed by atoms with van der Waals surface area (Å²) >= 11 is 0. The SMILES string of the molecule is CC(=O)NCC(=Cc1cccc(C(N)=O)n1)B1OC(C)(C)C(C)(C)O1. The molecule has 1 aliphatic rings. The quantitative estimate of drug-likeness (QED) is 0.784. The molecule has 0 radical (unpaired) electrons. The first-order valence-electron chi connectivity index (χ1n) is 8.09. The van der Waals surface area contributed by atoms with E-state index in [1.54, 1.807) is 24.3 Å². The Hall–Kier alpha value is -2.19. The minimum atomic E-state index is -0.629. The topological polar surface area (TPSA) is 104 Å². The number of nitrogens with one attached hydrogen (secondary N) is 1. The molecule has 0 aliphatic carbocycles. The largest absolute Gasteiger partial charge is 0.492 e. The molecule has 0 unspecified atom stereocenters. The molecule has 1 fully saturated rings. The van der Waals surface area contributed by atoms with Crippen LogP contribution in [0.15, 0.2) is 23.7 Å². The Kier molecular flexibility index (Phi) is 5.34. The van der Waals surface area contributed by atoms with Crippen LogP contribution >= 0.6 is 0 Å². The fourth-order valence-corrected chi connectivity index (χ4v) is 2.28. The van der Waals surface area contributed by atoms with Gasteiger partial charge in [0.15, 0.2) is 0 Å². The number of nitrogens with zero attached hydrogens (tertiary/aromatic N) is 1. The zero-order valence-electron chi connectivity index (χ0n) is 15.3. The van der Waals surface area contributed by atoms with Gasteiger partial charge >= 0.3 is 7.12 Å². The summed E-state index contributed by atoms with van der Waals surface area (Å²) < 4.78 is 12.1. The lowest BCUT2D eigenvalue weighted by Crippen LogP contribution is -2.41. The van der Waals surface area contributed by atoms with Crippen molar-refractivity contribution < 1.29 is 18.9 Å². The fourth-order valence-electron chi connectivity index (χ4n) is 2.28. The Morgan fingerprint density at radius 3 is 2.36 bits per heavy atom. The highest BCUT2D eigenvalue weighted by Crippen LogP contribution is 2.38. The highest BCUT2D eigenvalue weighted by molar-refractivity contribution is 6.56. The Bertz CT molecular complexity index is 700. The predicted molar refractivity (Wildman–Crippen MR) is 95.5 cm³/mol. The van der Waals surface area contributed by atoms with E-state index < -0.39 is 24.2 Å². The number of hydrogen-bond donors (Lipinski definition) is 2. The van der Waals surface area contributed by atoms with Crippen LogP contribution in [0.5, 0.6) is 0 Å². The number of carbonyl (C=O) groups is 2. The van der Waals surface area contributed by atoms with Crippen LogP contribution in [0.2, 0.25) is 0 Å². The smallest absolute Gasteiger partial charge is 0.400 e. The molecule has 1 aromatic heterocycles. The molecule has 2 heterocycles. The molecule has 0 aromatic carbocycles. The van der Waals surface area contributed by atoms with Crippen LogP contribution in [0.4, 0.5) is 0 Å². The second-order valence-electron chi connectivity index (χ2n) is 7.03. The molecule has 25 heavy (non-hydrogen) atoms. The number of amides is 2. The summed E-state index contributed by atoms with van der Waals surface area (Å²) in [5.41, 5.74) is 5.67. The first-order chi connectivity index (χ1) is 11.5. The van der Waals surface area contributed by atoms with Crippen molar-refractivity contribution >= 4 is 25.0 Å². The van der Waals surface area contributed by atoms with Gasteiger partial charge in [0.05, 0.1) is 16.9 Å². The molecule has 1 aromatic rings. The highest BCUT2D eigenvalue weighted by Gasteiger charge is 2.52.